The van der Waals surface area contributed by atoms with Crippen LogP contribution >= 0.6 is 11.3 Å². The van der Waals surface area contributed by atoms with Crippen molar-refractivity contribution in [2.75, 3.05) is 0 Å². The summed E-state index contributed by atoms with van der Waals surface area (Å²) in [5, 5.41) is 2.88. The van der Waals surface area contributed by atoms with Crippen LogP contribution in [0.4, 0.5) is 4.39 Å². The molecule has 1 heterocycles. The molecule has 2 aromatic rings. The van der Waals surface area contributed by atoms with Gasteiger partial charge in [-0.1, -0.05) is 20.8 Å². The van der Waals surface area contributed by atoms with Gasteiger partial charge in [-0.2, -0.15) is 0 Å². The first-order valence-electron chi connectivity index (χ1n) is 5.85. The molecule has 18 heavy (non-hydrogen) atoms. The fourth-order valence-corrected chi connectivity index (χ4v) is 2.63. The number of hydrogen-bond donors (Lipinski definition) is 1. The predicted molar refractivity (Wildman–Crippen MR) is 73.9 cm³/mol. The zero-order chi connectivity index (χ0) is 13.3. The van der Waals surface area contributed by atoms with Crippen molar-refractivity contribution in [3.63, 3.8) is 0 Å². The molecule has 0 aliphatic heterocycles. The van der Waals surface area contributed by atoms with Crippen LogP contribution in [-0.2, 0) is 0 Å². The summed E-state index contributed by atoms with van der Waals surface area (Å²) in [5.41, 5.74) is 7.93. The topological polar surface area (TPSA) is 38.9 Å². The molecule has 0 amide bonds. The fraction of sp³-hybridized carbons (Fsp3) is 0.357. The van der Waals surface area contributed by atoms with Crippen LogP contribution in [-0.4, -0.2) is 4.98 Å². The van der Waals surface area contributed by atoms with E-state index in [1.54, 1.807) is 23.5 Å². The van der Waals surface area contributed by atoms with E-state index in [1.165, 1.54) is 12.1 Å². The molecule has 0 radical (unpaired) electrons. The van der Waals surface area contributed by atoms with Gasteiger partial charge in [-0.15, -0.1) is 11.3 Å². The van der Waals surface area contributed by atoms with E-state index in [2.05, 4.69) is 25.8 Å². The zero-order valence-corrected chi connectivity index (χ0v) is 11.6. The molecule has 4 heteroatoms. The highest BCUT2D eigenvalue weighted by Gasteiger charge is 2.25. The number of thiazole rings is 1. The maximum Gasteiger partial charge on any atom is 0.123 e. The zero-order valence-electron chi connectivity index (χ0n) is 10.8. The molecule has 0 saturated carbocycles. The smallest absolute Gasteiger partial charge is 0.123 e. The SMILES string of the molecule is CC(C)(C)C(N)c1nc(-c2ccc(F)cc2)cs1. The molecule has 0 aliphatic rings. The highest BCUT2D eigenvalue weighted by Crippen LogP contribution is 2.34. The summed E-state index contributed by atoms with van der Waals surface area (Å²) in [4.78, 5) is 4.55. The Hall–Kier alpha value is -1.26. The van der Waals surface area contributed by atoms with Crippen molar-refractivity contribution in [1.29, 1.82) is 0 Å². The molecule has 1 atom stereocenters. The first kappa shape index (κ1) is 13.2. The van der Waals surface area contributed by atoms with Crippen LogP contribution in [0.15, 0.2) is 29.6 Å². The molecule has 2 rings (SSSR count). The second kappa shape index (κ2) is 4.78. The van der Waals surface area contributed by atoms with Crippen molar-refractivity contribution in [1.82, 2.24) is 4.98 Å². The first-order chi connectivity index (χ1) is 8.38. The van der Waals surface area contributed by atoms with E-state index in [9.17, 15) is 4.39 Å². The van der Waals surface area contributed by atoms with Gasteiger partial charge in [-0.3, -0.25) is 0 Å². The van der Waals surface area contributed by atoms with Gasteiger partial charge in [0.05, 0.1) is 11.7 Å². The molecular weight excluding hydrogens is 247 g/mol. The molecule has 0 aliphatic carbocycles. The van der Waals surface area contributed by atoms with E-state index in [0.29, 0.717) is 0 Å². The summed E-state index contributed by atoms with van der Waals surface area (Å²) in [6, 6.07) is 6.26. The minimum absolute atomic E-state index is 0.0160. The lowest BCUT2D eigenvalue weighted by molar-refractivity contribution is 0.326. The van der Waals surface area contributed by atoms with E-state index < -0.39 is 0 Å². The molecule has 1 aromatic heterocycles. The predicted octanol–water partition coefficient (Wildman–Crippen LogP) is 4.00. The molecule has 2 N–H and O–H groups in total. The van der Waals surface area contributed by atoms with E-state index in [4.69, 9.17) is 5.73 Å². The summed E-state index contributed by atoms with van der Waals surface area (Å²) in [5.74, 6) is -0.236. The Bertz CT molecular complexity index is 525. The van der Waals surface area contributed by atoms with Crippen LogP contribution in [0.1, 0.15) is 31.8 Å². The van der Waals surface area contributed by atoms with E-state index in [0.717, 1.165) is 16.3 Å². The van der Waals surface area contributed by atoms with Crippen LogP contribution in [0.3, 0.4) is 0 Å². The van der Waals surface area contributed by atoms with Gasteiger partial charge in [0.25, 0.3) is 0 Å². The number of nitrogens with two attached hydrogens (primary N) is 1. The molecule has 2 nitrogen and oxygen atoms in total. The molecule has 1 aromatic carbocycles. The minimum Gasteiger partial charge on any atom is -0.322 e. The largest absolute Gasteiger partial charge is 0.322 e. The number of halogens is 1. The Balaban J connectivity index is 2.28. The second-order valence-corrected chi connectivity index (χ2v) is 6.31. The van der Waals surface area contributed by atoms with Gasteiger partial charge < -0.3 is 5.73 Å². The highest BCUT2D eigenvalue weighted by atomic mass is 32.1. The normalized spacial score (nSPS) is 13.6. The van der Waals surface area contributed by atoms with Crippen LogP contribution in [0.25, 0.3) is 11.3 Å². The highest BCUT2D eigenvalue weighted by molar-refractivity contribution is 7.10. The Morgan fingerprint density at radius 2 is 1.83 bits per heavy atom. The maximum atomic E-state index is 12.9. The molecule has 96 valence electrons. The second-order valence-electron chi connectivity index (χ2n) is 5.42. The summed E-state index contributed by atoms with van der Waals surface area (Å²) >= 11 is 1.55. The summed E-state index contributed by atoms with van der Waals surface area (Å²) in [6.45, 7) is 6.28. The van der Waals surface area contributed by atoms with Crippen LogP contribution < -0.4 is 5.73 Å². The molecule has 0 spiro atoms. The lowest BCUT2D eigenvalue weighted by Crippen LogP contribution is -2.26. The molecule has 0 saturated heterocycles. The maximum absolute atomic E-state index is 12.9. The number of rotatable bonds is 2. The van der Waals surface area contributed by atoms with Crippen LogP contribution in [0.5, 0.6) is 0 Å². The summed E-state index contributed by atoms with van der Waals surface area (Å²) < 4.78 is 12.9. The van der Waals surface area contributed by atoms with E-state index in [-0.39, 0.29) is 17.3 Å². The Morgan fingerprint density at radius 1 is 1.22 bits per heavy atom. The molecule has 1 unspecified atom stereocenters. The van der Waals surface area contributed by atoms with Gasteiger partial charge in [-0.05, 0) is 29.7 Å². The number of benzene rings is 1. The summed E-state index contributed by atoms with van der Waals surface area (Å²) in [6.07, 6.45) is 0. The average Bonchev–Trinajstić information content (AvgIpc) is 2.77. The standard InChI is InChI=1S/C14H17FN2S/c1-14(2,3)12(16)13-17-11(8-18-13)9-4-6-10(15)7-5-9/h4-8,12H,16H2,1-3H3. The van der Waals surface area contributed by atoms with Crippen molar-refractivity contribution in [3.8, 4) is 11.3 Å². The molecule has 0 bridgehead atoms. The van der Waals surface area contributed by atoms with Crippen molar-refractivity contribution >= 4 is 11.3 Å². The van der Waals surface area contributed by atoms with E-state index in [1.807, 2.05) is 5.38 Å². The van der Waals surface area contributed by atoms with Gasteiger partial charge >= 0.3 is 0 Å². The van der Waals surface area contributed by atoms with Gasteiger partial charge in [0.15, 0.2) is 0 Å². The van der Waals surface area contributed by atoms with Crippen molar-refractivity contribution in [3.05, 3.63) is 40.5 Å². The van der Waals surface area contributed by atoms with Crippen molar-refractivity contribution in [2.24, 2.45) is 11.1 Å². The van der Waals surface area contributed by atoms with E-state index >= 15 is 0 Å². The lowest BCUT2D eigenvalue weighted by Gasteiger charge is -2.24. The average molecular weight is 264 g/mol. The van der Waals surface area contributed by atoms with Crippen LogP contribution in [0, 0.1) is 11.2 Å². The number of aromatic nitrogens is 1. The number of nitrogens with zero attached hydrogens (tertiary/aromatic N) is 1. The monoisotopic (exact) mass is 264 g/mol. The van der Waals surface area contributed by atoms with Crippen molar-refractivity contribution in [2.45, 2.75) is 26.8 Å². The fourth-order valence-electron chi connectivity index (χ4n) is 1.55. The van der Waals surface area contributed by atoms with Crippen LogP contribution in [0.2, 0.25) is 0 Å². The number of hydrogen-bond acceptors (Lipinski definition) is 3. The van der Waals surface area contributed by atoms with Gasteiger partial charge in [0.1, 0.15) is 10.8 Å². The quantitative estimate of drug-likeness (QED) is 0.890. The minimum atomic E-state index is -0.236. The summed E-state index contributed by atoms with van der Waals surface area (Å²) in [7, 11) is 0. The first-order valence-corrected chi connectivity index (χ1v) is 6.73. The molecular formula is C14H17FN2S. The van der Waals surface area contributed by atoms with Gasteiger partial charge in [-0.25, -0.2) is 9.37 Å². The third kappa shape index (κ3) is 2.76. The van der Waals surface area contributed by atoms with Gasteiger partial charge in [0.2, 0.25) is 0 Å². The Kier molecular flexibility index (Phi) is 3.50. The third-order valence-electron chi connectivity index (χ3n) is 2.86. The third-order valence-corrected chi connectivity index (χ3v) is 3.79. The lowest BCUT2D eigenvalue weighted by atomic mass is 9.88. The van der Waals surface area contributed by atoms with Crippen molar-refractivity contribution < 1.29 is 4.39 Å². The Labute approximate surface area is 111 Å². The van der Waals surface area contributed by atoms with Gasteiger partial charge in [0, 0.05) is 10.9 Å². The Morgan fingerprint density at radius 3 is 2.39 bits per heavy atom. The molecule has 0 fully saturated rings.